The first-order valence-corrected chi connectivity index (χ1v) is 9.51. The van der Waals surface area contributed by atoms with Crippen molar-refractivity contribution >= 4 is 22.2 Å². The van der Waals surface area contributed by atoms with Gasteiger partial charge in [-0.25, -0.2) is 4.98 Å². The minimum atomic E-state index is -0.00162. The Kier molecular flexibility index (Phi) is 4.89. The highest BCUT2D eigenvalue weighted by atomic mass is 32.1. The van der Waals surface area contributed by atoms with E-state index in [4.69, 9.17) is 4.74 Å². The number of ether oxygens (including phenoxy) is 1. The maximum atomic E-state index is 12.3. The number of amides is 1. The lowest BCUT2D eigenvalue weighted by Crippen LogP contribution is -2.24. The molecule has 0 radical (unpaired) electrons. The van der Waals surface area contributed by atoms with Gasteiger partial charge < -0.3 is 10.1 Å². The molecule has 0 aliphatic carbocycles. The van der Waals surface area contributed by atoms with Crippen molar-refractivity contribution in [3.8, 4) is 17.0 Å². The van der Waals surface area contributed by atoms with E-state index in [2.05, 4.69) is 10.3 Å². The summed E-state index contributed by atoms with van der Waals surface area (Å²) in [6.07, 6.45) is 2.30. The fourth-order valence-electron chi connectivity index (χ4n) is 2.88. The SMILES string of the molecule is COc1ccc(-c2cn3c(CC(=O)NCc4ccccc4)csc3n2)cc1. The fourth-order valence-corrected chi connectivity index (χ4v) is 3.75. The van der Waals surface area contributed by atoms with Gasteiger partial charge in [0.25, 0.3) is 0 Å². The molecule has 4 aromatic rings. The molecule has 0 saturated carbocycles. The van der Waals surface area contributed by atoms with Crippen LogP contribution in [-0.2, 0) is 17.8 Å². The summed E-state index contributed by atoms with van der Waals surface area (Å²) in [6, 6.07) is 17.7. The maximum absolute atomic E-state index is 12.3. The van der Waals surface area contributed by atoms with Crippen molar-refractivity contribution in [1.29, 1.82) is 0 Å². The highest BCUT2D eigenvalue weighted by Crippen LogP contribution is 2.25. The summed E-state index contributed by atoms with van der Waals surface area (Å²) in [4.78, 5) is 17.9. The standard InChI is InChI=1S/C21H19N3O2S/c1-26-18-9-7-16(8-10-18)19-13-24-17(14-27-21(24)23-19)11-20(25)22-12-15-5-3-2-4-6-15/h2-10,13-14H,11-12H2,1H3,(H,22,25). The summed E-state index contributed by atoms with van der Waals surface area (Å²) in [5, 5.41) is 4.96. The van der Waals surface area contributed by atoms with Crippen LogP contribution in [0.1, 0.15) is 11.3 Å². The first-order chi connectivity index (χ1) is 13.2. The van der Waals surface area contributed by atoms with Crippen LogP contribution < -0.4 is 10.1 Å². The Labute approximate surface area is 161 Å². The van der Waals surface area contributed by atoms with Crippen LogP contribution in [-0.4, -0.2) is 22.4 Å². The Morgan fingerprint density at radius 3 is 2.67 bits per heavy atom. The van der Waals surface area contributed by atoms with Crippen molar-refractivity contribution in [3.63, 3.8) is 0 Å². The van der Waals surface area contributed by atoms with Crippen LogP contribution >= 0.6 is 11.3 Å². The third-order valence-electron chi connectivity index (χ3n) is 4.34. The minimum Gasteiger partial charge on any atom is -0.497 e. The van der Waals surface area contributed by atoms with E-state index in [1.165, 1.54) is 0 Å². The van der Waals surface area contributed by atoms with Gasteiger partial charge in [-0.3, -0.25) is 9.20 Å². The number of fused-ring (bicyclic) bond motifs is 1. The quantitative estimate of drug-likeness (QED) is 0.554. The number of hydrogen-bond donors (Lipinski definition) is 1. The smallest absolute Gasteiger partial charge is 0.226 e. The Balaban J connectivity index is 1.47. The molecule has 0 atom stereocenters. The van der Waals surface area contributed by atoms with Crippen LogP contribution in [0, 0.1) is 0 Å². The van der Waals surface area contributed by atoms with E-state index in [1.807, 2.05) is 70.6 Å². The van der Waals surface area contributed by atoms with Gasteiger partial charge in [0.15, 0.2) is 4.96 Å². The van der Waals surface area contributed by atoms with E-state index >= 15 is 0 Å². The Morgan fingerprint density at radius 2 is 1.93 bits per heavy atom. The Bertz CT molecular complexity index is 1050. The van der Waals surface area contributed by atoms with Crippen molar-refractivity contribution in [1.82, 2.24) is 14.7 Å². The highest BCUT2D eigenvalue weighted by Gasteiger charge is 2.12. The van der Waals surface area contributed by atoms with Gasteiger partial charge in [-0.05, 0) is 29.8 Å². The summed E-state index contributed by atoms with van der Waals surface area (Å²) >= 11 is 1.54. The van der Waals surface area contributed by atoms with E-state index in [1.54, 1.807) is 18.4 Å². The van der Waals surface area contributed by atoms with Gasteiger partial charge in [-0.2, -0.15) is 0 Å². The molecule has 0 bridgehead atoms. The third kappa shape index (κ3) is 3.85. The molecule has 0 aliphatic rings. The lowest BCUT2D eigenvalue weighted by Gasteiger charge is -2.05. The van der Waals surface area contributed by atoms with Gasteiger partial charge in [-0.15, -0.1) is 11.3 Å². The molecule has 5 nitrogen and oxygen atoms in total. The maximum Gasteiger partial charge on any atom is 0.226 e. The predicted molar refractivity (Wildman–Crippen MR) is 107 cm³/mol. The van der Waals surface area contributed by atoms with Gasteiger partial charge in [0.05, 0.1) is 19.2 Å². The van der Waals surface area contributed by atoms with Crippen LogP contribution in [0.15, 0.2) is 66.2 Å². The zero-order valence-corrected chi connectivity index (χ0v) is 15.7. The van der Waals surface area contributed by atoms with E-state index in [-0.39, 0.29) is 5.91 Å². The second-order valence-electron chi connectivity index (χ2n) is 6.17. The molecule has 1 amide bonds. The summed E-state index contributed by atoms with van der Waals surface area (Å²) in [5.74, 6) is 0.814. The van der Waals surface area contributed by atoms with Crippen LogP contribution in [0.3, 0.4) is 0 Å². The van der Waals surface area contributed by atoms with Gasteiger partial charge >= 0.3 is 0 Å². The van der Waals surface area contributed by atoms with E-state index in [0.717, 1.165) is 33.2 Å². The predicted octanol–water partition coefficient (Wildman–Crippen LogP) is 3.93. The monoisotopic (exact) mass is 377 g/mol. The topological polar surface area (TPSA) is 55.6 Å². The van der Waals surface area contributed by atoms with Gasteiger partial charge in [0.2, 0.25) is 5.91 Å². The lowest BCUT2D eigenvalue weighted by atomic mass is 10.2. The molecule has 0 unspecified atom stereocenters. The summed E-state index contributed by atoms with van der Waals surface area (Å²) in [6.45, 7) is 0.536. The number of thiazole rings is 1. The van der Waals surface area contributed by atoms with E-state index in [0.29, 0.717) is 13.0 Å². The van der Waals surface area contributed by atoms with E-state index < -0.39 is 0 Å². The van der Waals surface area contributed by atoms with Crippen LogP contribution in [0.25, 0.3) is 16.2 Å². The fraction of sp³-hybridized carbons (Fsp3) is 0.143. The van der Waals surface area contributed by atoms with Gasteiger partial charge in [0.1, 0.15) is 5.75 Å². The van der Waals surface area contributed by atoms with Crippen molar-refractivity contribution in [2.45, 2.75) is 13.0 Å². The average molecular weight is 377 g/mol. The molecular formula is C21H19N3O2S. The molecule has 0 saturated heterocycles. The van der Waals surface area contributed by atoms with Crippen molar-refractivity contribution in [2.75, 3.05) is 7.11 Å². The molecule has 2 aromatic carbocycles. The summed E-state index contributed by atoms with van der Waals surface area (Å²) in [7, 11) is 1.65. The van der Waals surface area contributed by atoms with Crippen LogP contribution in [0.4, 0.5) is 0 Å². The molecular weight excluding hydrogens is 358 g/mol. The molecule has 2 aromatic heterocycles. The molecule has 6 heteroatoms. The van der Waals surface area contributed by atoms with Crippen LogP contribution in [0.2, 0.25) is 0 Å². The summed E-state index contributed by atoms with van der Waals surface area (Å²) < 4.78 is 7.19. The number of carbonyl (C=O) groups excluding carboxylic acids is 1. The molecule has 0 aliphatic heterocycles. The third-order valence-corrected chi connectivity index (χ3v) is 5.23. The first kappa shape index (κ1) is 17.3. The van der Waals surface area contributed by atoms with Gasteiger partial charge in [-0.1, -0.05) is 30.3 Å². The number of aromatic nitrogens is 2. The number of imidazole rings is 1. The van der Waals surface area contributed by atoms with Crippen molar-refractivity contribution in [2.24, 2.45) is 0 Å². The zero-order valence-electron chi connectivity index (χ0n) is 14.9. The molecule has 136 valence electrons. The Morgan fingerprint density at radius 1 is 1.15 bits per heavy atom. The van der Waals surface area contributed by atoms with Crippen molar-refractivity contribution < 1.29 is 9.53 Å². The molecule has 4 rings (SSSR count). The molecule has 27 heavy (non-hydrogen) atoms. The number of rotatable bonds is 6. The highest BCUT2D eigenvalue weighted by molar-refractivity contribution is 7.15. The minimum absolute atomic E-state index is 0.00162. The molecule has 2 heterocycles. The van der Waals surface area contributed by atoms with E-state index in [9.17, 15) is 4.79 Å². The Hall–Kier alpha value is -3.12. The number of hydrogen-bond acceptors (Lipinski definition) is 4. The normalized spacial score (nSPS) is 10.9. The number of benzene rings is 2. The lowest BCUT2D eigenvalue weighted by molar-refractivity contribution is -0.120. The zero-order chi connectivity index (χ0) is 18.6. The number of nitrogens with zero attached hydrogens (tertiary/aromatic N) is 2. The molecule has 0 spiro atoms. The first-order valence-electron chi connectivity index (χ1n) is 8.63. The second kappa shape index (κ2) is 7.63. The second-order valence-corrected chi connectivity index (χ2v) is 7.01. The number of carbonyl (C=O) groups is 1. The number of methoxy groups -OCH3 is 1. The number of nitrogens with one attached hydrogen (secondary N) is 1. The summed E-state index contributed by atoms with van der Waals surface area (Å²) in [5.41, 5.74) is 3.93. The average Bonchev–Trinajstić information content (AvgIpc) is 3.29. The van der Waals surface area contributed by atoms with Crippen molar-refractivity contribution in [3.05, 3.63) is 77.4 Å². The van der Waals surface area contributed by atoms with Gasteiger partial charge in [0, 0.05) is 29.4 Å². The largest absolute Gasteiger partial charge is 0.497 e. The van der Waals surface area contributed by atoms with Crippen LogP contribution in [0.5, 0.6) is 5.75 Å². The molecule has 1 N–H and O–H groups in total. The molecule has 0 fully saturated rings.